The van der Waals surface area contributed by atoms with Gasteiger partial charge >= 0.3 is 0 Å². The normalized spacial score (nSPS) is 31.8. The fourth-order valence-corrected chi connectivity index (χ4v) is 3.62. The summed E-state index contributed by atoms with van der Waals surface area (Å²) in [6.07, 6.45) is 5.21. The molecule has 0 saturated heterocycles. The lowest BCUT2D eigenvalue weighted by Gasteiger charge is -2.45. The Morgan fingerprint density at radius 3 is 2.35 bits per heavy atom. The van der Waals surface area contributed by atoms with E-state index in [1.807, 2.05) is 0 Å². The van der Waals surface area contributed by atoms with Crippen molar-refractivity contribution >= 4 is 0 Å². The Morgan fingerprint density at radius 1 is 1.15 bits per heavy atom. The standard InChI is InChI=1S/C18H38N2/c1-8-10-19-17-12-14(3)11-15(4)16(17)13-20(7)18(5,6)9-2/h14-17,19H,8-13H2,1-7H3. The van der Waals surface area contributed by atoms with Crippen molar-refractivity contribution in [1.29, 1.82) is 0 Å². The summed E-state index contributed by atoms with van der Waals surface area (Å²) >= 11 is 0. The second-order valence-corrected chi connectivity index (χ2v) is 7.82. The van der Waals surface area contributed by atoms with Gasteiger partial charge < -0.3 is 10.2 Å². The lowest BCUT2D eigenvalue weighted by molar-refractivity contribution is 0.0642. The maximum Gasteiger partial charge on any atom is 0.0147 e. The van der Waals surface area contributed by atoms with E-state index in [-0.39, 0.29) is 0 Å². The van der Waals surface area contributed by atoms with Crippen LogP contribution in [-0.4, -0.2) is 36.6 Å². The van der Waals surface area contributed by atoms with E-state index in [2.05, 4.69) is 58.8 Å². The third-order valence-electron chi connectivity index (χ3n) is 5.72. The van der Waals surface area contributed by atoms with Crippen LogP contribution in [0.25, 0.3) is 0 Å². The van der Waals surface area contributed by atoms with E-state index in [4.69, 9.17) is 0 Å². The van der Waals surface area contributed by atoms with E-state index in [1.54, 1.807) is 0 Å². The summed E-state index contributed by atoms with van der Waals surface area (Å²) in [5.41, 5.74) is 0.318. The lowest BCUT2D eigenvalue weighted by atomic mass is 9.71. The van der Waals surface area contributed by atoms with Crippen molar-refractivity contribution in [2.75, 3.05) is 20.1 Å². The summed E-state index contributed by atoms with van der Waals surface area (Å²) in [7, 11) is 2.31. The van der Waals surface area contributed by atoms with E-state index in [9.17, 15) is 0 Å². The fraction of sp³-hybridized carbons (Fsp3) is 1.00. The number of rotatable bonds is 7. The second kappa shape index (κ2) is 7.79. The predicted octanol–water partition coefficient (Wildman–Crippen LogP) is 4.16. The van der Waals surface area contributed by atoms with Gasteiger partial charge in [0.05, 0.1) is 0 Å². The maximum atomic E-state index is 3.83. The molecule has 120 valence electrons. The Labute approximate surface area is 127 Å². The number of nitrogens with zero attached hydrogens (tertiary/aromatic N) is 1. The summed E-state index contributed by atoms with van der Waals surface area (Å²) in [5, 5.41) is 3.83. The molecule has 0 aromatic rings. The molecule has 4 unspecified atom stereocenters. The number of nitrogens with one attached hydrogen (secondary N) is 1. The van der Waals surface area contributed by atoms with Crippen LogP contribution in [0, 0.1) is 17.8 Å². The molecule has 0 heterocycles. The monoisotopic (exact) mass is 282 g/mol. The molecule has 1 aliphatic rings. The van der Waals surface area contributed by atoms with Gasteiger partial charge in [0.15, 0.2) is 0 Å². The van der Waals surface area contributed by atoms with Gasteiger partial charge in [0.25, 0.3) is 0 Å². The van der Waals surface area contributed by atoms with E-state index in [1.165, 1.54) is 38.8 Å². The molecule has 0 aliphatic heterocycles. The Bertz CT molecular complexity index is 275. The van der Waals surface area contributed by atoms with Crippen molar-refractivity contribution in [1.82, 2.24) is 10.2 Å². The first kappa shape index (κ1) is 18.0. The third-order valence-corrected chi connectivity index (χ3v) is 5.72. The van der Waals surface area contributed by atoms with E-state index < -0.39 is 0 Å². The molecule has 0 aromatic heterocycles. The van der Waals surface area contributed by atoms with Crippen molar-refractivity contribution in [2.45, 2.75) is 78.8 Å². The smallest absolute Gasteiger partial charge is 0.0147 e. The molecule has 1 N–H and O–H groups in total. The van der Waals surface area contributed by atoms with Crippen molar-refractivity contribution in [3.8, 4) is 0 Å². The first-order valence-electron chi connectivity index (χ1n) is 8.76. The zero-order valence-corrected chi connectivity index (χ0v) is 15.0. The molecule has 1 saturated carbocycles. The Morgan fingerprint density at radius 2 is 1.80 bits per heavy atom. The molecule has 0 aromatic carbocycles. The molecule has 1 rings (SSSR count). The minimum Gasteiger partial charge on any atom is -0.314 e. The van der Waals surface area contributed by atoms with Gasteiger partial charge in [-0.3, -0.25) is 0 Å². The molecule has 2 heteroatoms. The Kier molecular flexibility index (Phi) is 7.00. The zero-order chi connectivity index (χ0) is 15.3. The van der Waals surface area contributed by atoms with Crippen molar-refractivity contribution in [2.24, 2.45) is 17.8 Å². The van der Waals surface area contributed by atoms with Crippen LogP contribution in [0.3, 0.4) is 0 Å². The molecule has 1 fully saturated rings. The second-order valence-electron chi connectivity index (χ2n) is 7.82. The highest BCUT2D eigenvalue weighted by molar-refractivity contribution is 4.91. The maximum absolute atomic E-state index is 3.83. The van der Waals surface area contributed by atoms with Crippen LogP contribution in [0.5, 0.6) is 0 Å². The average Bonchev–Trinajstić information content (AvgIpc) is 2.39. The van der Waals surface area contributed by atoms with Crippen LogP contribution in [0.1, 0.15) is 67.2 Å². The molecule has 0 amide bonds. The molecule has 0 bridgehead atoms. The van der Waals surface area contributed by atoms with Crippen LogP contribution in [0.2, 0.25) is 0 Å². The van der Waals surface area contributed by atoms with Crippen LogP contribution in [0.15, 0.2) is 0 Å². The minimum absolute atomic E-state index is 0.318. The predicted molar refractivity (Wildman–Crippen MR) is 90.1 cm³/mol. The minimum atomic E-state index is 0.318. The van der Waals surface area contributed by atoms with Gasteiger partial charge in [-0.2, -0.15) is 0 Å². The van der Waals surface area contributed by atoms with E-state index in [0.29, 0.717) is 11.6 Å². The SMILES string of the molecule is CCCNC1CC(C)CC(C)C1CN(C)C(C)(C)CC. The fourth-order valence-electron chi connectivity index (χ4n) is 3.62. The van der Waals surface area contributed by atoms with Gasteiger partial charge in [0, 0.05) is 18.1 Å². The van der Waals surface area contributed by atoms with Gasteiger partial charge in [-0.25, -0.2) is 0 Å². The molecule has 0 spiro atoms. The van der Waals surface area contributed by atoms with Crippen molar-refractivity contribution in [3.63, 3.8) is 0 Å². The summed E-state index contributed by atoms with van der Waals surface area (Å²) in [6.45, 7) is 16.6. The quantitative estimate of drug-likeness (QED) is 0.754. The first-order valence-corrected chi connectivity index (χ1v) is 8.76. The van der Waals surface area contributed by atoms with Gasteiger partial charge in [0.2, 0.25) is 0 Å². The largest absolute Gasteiger partial charge is 0.314 e. The highest BCUT2D eigenvalue weighted by atomic mass is 15.2. The zero-order valence-electron chi connectivity index (χ0n) is 15.0. The van der Waals surface area contributed by atoms with Gasteiger partial charge in [-0.1, -0.05) is 27.7 Å². The van der Waals surface area contributed by atoms with Crippen LogP contribution in [-0.2, 0) is 0 Å². The molecule has 2 nitrogen and oxygen atoms in total. The van der Waals surface area contributed by atoms with Crippen LogP contribution >= 0.6 is 0 Å². The molecular formula is C18H38N2. The van der Waals surface area contributed by atoms with Gasteiger partial charge in [-0.05, 0) is 70.9 Å². The lowest BCUT2D eigenvalue weighted by Crippen LogP contribution is -2.52. The molecule has 0 radical (unpaired) electrons. The van der Waals surface area contributed by atoms with Crippen LogP contribution < -0.4 is 5.32 Å². The Balaban J connectivity index is 2.70. The van der Waals surface area contributed by atoms with Crippen LogP contribution in [0.4, 0.5) is 0 Å². The average molecular weight is 283 g/mol. The third kappa shape index (κ3) is 4.73. The van der Waals surface area contributed by atoms with Crippen molar-refractivity contribution in [3.05, 3.63) is 0 Å². The first-order chi connectivity index (χ1) is 9.31. The summed E-state index contributed by atoms with van der Waals surface area (Å²) in [6, 6.07) is 0.712. The molecule has 1 aliphatic carbocycles. The highest BCUT2D eigenvalue weighted by Crippen LogP contribution is 2.35. The van der Waals surface area contributed by atoms with Gasteiger partial charge in [0.1, 0.15) is 0 Å². The molecule has 20 heavy (non-hydrogen) atoms. The summed E-state index contributed by atoms with van der Waals surface area (Å²) < 4.78 is 0. The topological polar surface area (TPSA) is 15.3 Å². The van der Waals surface area contributed by atoms with E-state index in [0.717, 1.165) is 17.8 Å². The highest BCUT2D eigenvalue weighted by Gasteiger charge is 2.36. The van der Waals surface area contributed by atoms with Crippen molar-refractivity contribution < 1.29 is 0 Å². The van der Waals surface area contributed by atoms with E-state index >= 15 is 0 Å². The van der Waals surface area contributed by atoms with Gasteiger partial charge in [-0.15, -0.1) is 0 Å². The molecular weight excluding hydrogens is 244 g/mol. The number of hydrogen-bond acceptors (Lipinski definition) is 2. The molecule has 4 atom stereocenters. The summed E-state index contributed by atoms with van der Waals surface area (Å²) in [4.78, 5) is 2.59. The Hall–Kier alpha value is -0.0800. The summed E-state index contributed by atoms with van der Waals surface area (Å²) in [5.74, 6) is 2.51. The number of hydrogen-bond donors (Lipinski definition) is 1.